The van der Waals surface area contributed by atoms with Crippen LogP contribution in [0.2, 0.25) is 0 Å². The molecule has 0 saturated carbocycles. The summed E-state index contributed by atoms with van der Waals surface area (Å²) >= 11 is 0. The minimum atomic E-state index is -0.245. The van der Waals surface area contributed by atoms with E-state index in [4.69, 9.17) is 5.73 Å². The zero-order valence-corrected chi connectivity index (χ0v) is 12.2. The van der Waals surface area contributed by atoms with Gasteiger partial charge in [-0.25, -0.2) is 5.43 Å². The second kappa shape index (κ2) is 5.63. The van der Waals surface area contributed by atoms with Crippen molar-refractivity contribution in [2.75, 3.05) is 11.9 Å². The molecule has 2 rings (SSSR count). The van der Waals surface area contributed by atoms with Crippen LogP contribution < -0.4 is 16.5 Å². The number of anilines is 1. The van der Waals surface area contributed by atoms with Gasteiger partial charge in [0, 0.05) is 30.1 Å². The van der Waals surface area contributed by atoms with Gasteiger partial charge in [0.05, 0.1) is 5.71 Å². The Morgan fingerprint density at radius 2 is 2.05 bits per heavy atom. The summed E-state index contributed by atoms with van der Waals surface area (Å²) in [4.78, 5) is 11.2. The van der Waals surface area contributed by atoms with Crippen LogP contribution in [0.4, 0.5) is 5.69 Å². The number of hydrogen-bond donors (Lipinski definition) is 3. The van der Waals surface area contributed by atoms with Crippen molar-refractivity contribution in [1.29, 1.82) is 0 Å². The van der Waals surface area contributed by atoms with Crippen molar-refractivity contribution >= 4 is 17.3 Å². The third-order valence-electron chi connectivity index (χ3n) is 3.19. The molecule has 0 radical (unpaired) electrons. The first-order valence-corrected chi connectivity index (χ1v) is 6.85. The van der Waals surface area contributed by atoms with E-state index in [9.17, 15) is 4.79 Å². The van der Waals surface area contributed by atoms with Gasteiger partial charge in [-0.2, -0.15) is 5.10 Å². The summed E-state index contributed by atoms with van der Waals surface area (Å²) in [7, 11) is 0. The minimum absolute atomic E-state index is 0.0234. The lowest BCUT2D eigenvalue weighted by Crippen LogP contribution is -2.39. The van der Waals surface area contributed by atoms with Crippen molar-refractivity contribution in [1.82, 2.24) is 5.43 Å². The molecule has 5 nitrogen and oxygen atoms in total. The summed E-state index contributed by atoms with van der Waals surface area (Å²) in [5.41, 5.74) is 11.2. The lowest BCUT2D eigenvalue weighted by Gasteiger charge is -2.21. The first-order valence-electron chi connectivity index (χ1n) is 6.85. The topological polar surface area (TPSA) is 79.5 Å². The highest BCUT2D eigenvalue weighted by Crippen LogP contribution is 2.18. The predicted molar refractivity (Wildman–Crippen MR) is 81.7 cm³/mol. The number of carbonyl (C=O) groups excluding carboxylic acids is 1. The maximum Gasteiger partial charge on any atom is 0.240 e. The van der Waals surface area contributed by atoms with Gasteiger partial charge in [0.15, 0.2) is 0 Å². The maximum absolute atomic E-state index is 11.2. The molecule has 0 aromatic heterocycles. The molecule has 1 aromatic rings. The van der Waals surface area contributed by atoms with Crippen LogP contribution in [0.15, 0.2) is 29.4 Å². The Balaban J connectivity index is 2.07. The van der Waals surface area contributed by atoms with Crippen LogP contribution in [-0.4, -0.2) is 23.7 Å². The molecule has 0 fully saturated rings. The van der Waals surface area contributed by atoms with Gasteiger partial charge in [-0.15, -0.1) is 0 Å². The minimum Gasteiger partial charge on any atom is -0.383 e. The second-order valence-electron chi connectivity index (χ2n) is 6.06. The van der Waals surface area contributed by atoms with Crippen LogP contribution in [-0.2, 0) is 4.79 Å². The lowest BCUT2D eigenvalue weighted by molar-refractivity contribution is -0.121. The highest BCUT2D eigenvalue weighted by molar-refractivity contribution is 6.05. The van der Waals surface area contributed by atoms with Gasteiger partial charge in [-0.3, -0.25) is 4.79 Å². The SMILES string of the molecule is C[C@@H]1CC(=O)NN=C1c1ccc(NCC(C)(C)N)cc1. The molecule has 1 aliphatic heterocycles. The monoisotopic (exact) mass is 274 g/mol. The Hall–Kier alpha value is -1.88. The number of rotatable bonds is 4. The van der Waals surface area contributed by atoms with Gasteiger partial charge in [0.2, 0.25) is 5.91 Å². The van der Waals surface area contributed by atoms with Crippen molar-refractivity contribution in [3.63, 3.8) is 0 Å². The average molecular weight is 274 g/mol. The van der Waals surface area contributed by atoms with Crippen LogP contribution in [0, 0.1) is 5.92 Å². The largest absolute Gasteiger partial charge is 0.383 e. The van der Waals surface area contributed by atoms with Crippen LogP contribution in [0.3, 0.4) is 0 Å². The number of hydrazone groups is 1. The molecule has 1 atom stereocenters. The van der Waals surface area contributed by atoms with Crippen LogP contribution in [0.1, 0.15) is 32.8 Å². The van der Waals surface area contributed by atoms with Gasteiger partial charge in [0.1, 0.15) is 0 Å². The molecular formula is C15H22N4O. The van der Waals surface area contributed by atoms with Crippen molar-refractivity contribution < 1.29 is 4.79 Å². The normalized spacial score (nSPS) is 19.3. The summed E-state index contributed by atoms with van der Waals surface area (Å²) in [6.45, 7) is 6.69. The molecule has 108 valence electrons. The zero-order valence-electron chi connectivity index (χ0n) is 12.2. The highest BCUT2D eigenvalue weighted by Gasteiger charge is 2.21. The van der Waals surface area contributed by atoms with Gasteiger partial charge in [0.25, 0.3) is 0 Å². The molecule has 1 aromatic carbocycles. The molecule has 1 aliphatic rings. The molecule has 5 heteroatoms. The van der Waals surface area contributed by atoms with Crippen molar-refractivity contribution in [3.8, 4) is 0 Å². The number of nitrogens with two attached hydrogens (primary N) is 1. The van der Waals surface area contributed by atoms with Crippen LogP contribution in [0.25, 0.3) is 0 Å². The Morgan fingerprint density at radius 1 is 1.40 bits per heavy atom. The number of nitrogens with zero attached hydrogens (tertiary/aromatic N) is 1. The molecule has 0 unspecified atom stereocenters. The molecule has 0 aliphatic carbocycles. The van der Waals surface area contributed by atoms with E-state index in [1.807, 2.05) is 45.0 Å². The fourth-order valence-corrected chi connectivity index (χ4v) is 2.09. The number of hydrogen-bond acceptors (Lipinski definition) is 4. The van der Waals surface area contributed by atoms with E-state index in [-0.39, 0.29) is 17.4 Å². The fourth-order valence-electron chi connectivity index (χ4n) is 2.09. The molecule has 0 saturated heterocycles. The van der Waals surface area contributed by atoms with Crippen LogP contribution in [0.5, 0.6) is 0 Å². The van der Waals surface area contributed by atoms with E-state index < -0.39 is 0 Å². The predicted octanol–water partition coefficient (Wildman–Crippen LogP) is 1.70. The van der Waals surface area contributed by atoms with Crippen molar-refractivity contribution in [3.05, 3.63) is 29.8 Å². The Kier molecular flexibility index (Phi) is 4.09. The van der Waals surface area contributed by atoms with Crippen LogP contribution >= 0.6 is 0 Å². The van der Waals surface area contributed by atoms with E-state index >= 15 is 0 Å². The molecule has 1 heterocycles. The van der Waals surface area contributed by atoms with Gasteiger partial charge < -0.3 is 11.1 Å². The van der Waals surface area contributed by atoms with E-state index in [0.717, 1.165) is 17.0 Å². The maximum atomic E-state index is 11.2. The smallest absolute Gasteiger partial charge is 0.240 e. The first kappa shape index (κ1) is 14.5. The third kappa shape index (κ3) is 3.81. The van der Waals surface area contributed by atoms with Crippen molar-refractivity contribution in [2.45, 2.75) is 32.7 Å². The molecule has 20 heavy (non-hydrogen) atoms. The molecule has 1 amide bonds. The third-order valence-corrected chi connectivity index (χ3v) is 3.19. The number of nitrogens with one attached hydrogen (secondary N) is 2. The van der Waals surface area contributed by atoms with E-state index in [1.54, 1.807) is 0 Å². The first-order chi connectivity index (χ1) is 9.35. The van der Waals surface area contributed by atoms with Gasteiger partial charge >= 0.3 is 0 Å². The Bertz CT molecular complexity index is 514. The summed E-state index contributed by atoms with van der Waals surface area (Å²) in [6.07, 6.45) is 0.486. The number of carbonyl (C=O) groups is 1. The highest BCUT2D eigenvalue weighted by atomic mass is 16.2. The molecule has 4 N–H and O–H groups in total. The Labute approximate surface area is 119 Å². The second-order valence-corrected chi connectivity index (χ2v) is 6.06. The molecule has 0 bridgehead atoms. The average Bonchev–Trinajstić information content (AvgIpc) is 2.36. The van der Waals surface area contributed by atoms with E-state index in [2.05, 4.69) is 15.8 Å². The molecular weight excluding hydrogens is 252 g/mol. The Morgan fingerprint density at radius 3 is 2.60 bits per heavy atom. The van der Waals surface area contributed by atoms with E-state index in [1.165, 1.54) is 0 Å². The standard InChI is InChI=1S/C15H22N4O/c1-10-8-13(20)18-19-14(10)11-4-6-12(7-5-11)17-9-15(2,3)16/h4-7,10,17H,8-9,16H2,1-3H3,(H,18,20)/t10-/m1/s1. The number of benzene rings is 1. The van der Waals surface area contributed by atoms with Gasteiger partial charge in [-0.05, 0) is 31.5 Å². The fraction of sp³-hybridized carbons (Fsp3) is 0.467. The van der Waals surface area contributed by atoms with Gasteiger partial charge in [-0.1, -0.05) is 19.1 Å². The molecule has 0 spiro atoms. The lowest BCUT2D eigenvalue weighted by atomic mass is 9.94. The summed E-state index contributed by atoms with van der Waals surface area (Å²) in [5.74, 6) is 0.121. The number of amides is 1. The zero-order chi connectivity index (χ0) is 14.8. The van der Waals surface area contributed by atoms with Crippen molar-refractivity contribution in [2.24, 2.45) is 16.8 Å². The quantitative estimate of drug-likeness (QED) is 0.781. The summed E-state index contributed by atoms with van der Waals surface area (Å²) in [6, 6.07) is 8.04. The van der Waals surface area contributed by atoms with E-state index in [0.29, 0.717) is 13.0 Å². The summed E-state index contributed by atoms with van der Waals surface area (Å²) < 4.78 is 0. The summed E-state index contributed by atoms with van der Waals surface area (Å²) in [5, 5.41) is 7.45.